The molecule has 2 heterocycles. The third kappa shape index (κ3) is 4.68. The van der Waals surface area contributed by atoms with Crippen LogP contribution in [0.15, 0.2) is 52.5 Å². The molecule has 1 fully saturated rings. The molecule has 4 rings (SSSR count). The molecule has 0 spiro atoms. The number of ether oxygens (including phenoxy) is 1. The summed E-state index contributed by atoms with van der Waals surface area (Å²) in [5.41, 5.74) is 3.03. The highest BCUT2D eigenvalue weighted by Gasteiger charge is 2.28. The molecule has 1 amide bonds. The molecule has 0 unspecified atom stereocenters. The van der Waals surface area contributed by atoms with Gasteiger partial charge < -0.3 is 14.6 Å². The molecule has 1 aromatic heterocycles. The average molecular weight is 475 g/mol. The molecule has 0 aliphatic carbocycles. The zero-order valence-corrected chi connectivity index (χ0v) is 19.7. The Morgan fingerprint density at radius 2 is 1.94 bits per heavy atom. The van der Waals surface area contributed by atoms with Crippen LogP contribution >= 0.6 is 11.8 Å². The second kappa shape index (κ2) is 9.62. The minimum absolute atomic E-state index is 0.169. The van der Waals surface area contributed by atoms with Crippen molar-refractivity contribution in [1.29, 1.82) is 0 Å². The van der Waals surface area contributed by atoms with Crippen molar-refractivity contribution in [3.63, 3.8) is 0 Å². The molecule has 3 aromatic rings. The number of carbonyl (C=O) groups excluding carboxylic acids is 1. The monoisotopic (exact) mass is 474 g/mol. The minimum Gasteiger partial charge on any atom is -0.379 e. The van der Waals surface area contributed by atoms with Crippen LogP contribution in [0.25, 0.3) is 11.0 Å². The van der Waals surface area contributed by atoms with Gasteiger partial charge in [0.1, 0.15) is 0 Å². The molecular weight excluding hydrogens is 448 g/mol. The summed E-state index contributed by atoms with van der Waals surface area (Å²) in [6.45, 7) is 5.97. The van der Waals surface area contributed by atoms with Crippen molar-refractivity contribution in [2.45, 2.75) is 30.4 Å². The van der Waals surface area contributed by atoms with Gasteiger partial charge in [0, 0.05) is 25.3 Å². The van der Waals surface area contributed by atoms with Crippen LogP contribution in [0.1, 0.15) is 12.5 Å². The molecule has 10 heteroatoms. The zero-order chi connectivity index (χ0) is 22.7. The van der Waals surface area contributed by atoms with Gasteiger partial charge in [-0.25, -0.2) is 13.4 Å². The van der Waals surface area contributed by atoms with Crippen LogP contribution in [-0.2, 0) is 26.1 Å². The summed E-state index contributed by atoms with van der Waals surface area (Å²) < 4.78 is 34.9. The number of imidazole rings is 1. The first-order chi connectivity index (χ1) is 15.4. The van der Waals surface area contributed by atoms with E-state index >= 15 is 0 Å². The van der Waals surface area contributed by atoms with Crippen molar-refractivity contribution in [1.82, 2.24) is 13.9 Å². The highest BCUT2D eigenvalue weighted by molar-refractivity contribution is 7.99. The summed E-state index contributed by atoms with van der Waals surface area (Å²) in [6, 6.07) is 12.8. The van der Waals surface area contributed by atoms with Gasteiger partial charge in [-0.15, -0.1) is 0 Å². The fraction of sp³-hybridized carbons (Fsp3) is 0.364. The molecular formula is C22H26N4O4S2. The minimum atomic E-state index is -3.65. The molecule has 0 saturated carbocycles. The maximum atomic E-state index is 13.1. The van der Waals surface area contributed by atoms with Crippen molar-refractivity contribution in [2.75, 3.05) is 37.4 Å². The third-order valence-corrected chi connectivity index (χ3v) is 8.34. The summed E-state index contributed by atoms with van der Waals surface area (Å²) >= 11 is 1.36. The van der Waals surface area contributed by atoms with E-state index in [1.165, 1.54) is 22.1 Å². The van der Waals surface area contributed by atoms with Gasteiger partial charge in [-0.05, 0) is 43.7 Å². The van der Waals surface area contributed by atoms with Gasteiger partial charge in [0.15, 0.2) is 5.16 Å². The summed E-state index contributed by atoms with van der Waals surface area (Å²) in [7, 11) is -3.65. The SMILES string of the molecule is CCn1c(SCC(=O)Nc2ccc(C)c(S(=O)(=O)N3CCOCC3)c2)nc2ccccc21. The summed E-state index contributed by atoms with van der Waals surface area (Å²) in [6.07, 6.45) is 0. The number of amides is 1. The Bertz CT molecular complexity index is 1230. The molecule has 1 saturated heterocycles. The molecule has 2 aromatic carbocycles. The van der Waals surface area contributed by atoms with Crippen molar-refractivity contribution in [2.24, 2.45) is 0 Å². The number of nitrogens with zero attached hydrogens (tertiary/aromatic N) is 3. The molecule has 1 aliphatic heterocycles. The Morgan fingerprint density at radius 1 is 1.19 bits per heavy atom. The molecule has 0 atom stereocenters. The lowest BCUT2D eigenvalue weighted by Gasteiger charge is -2.26. The zero-order valence-electron chi connectivity index (χ0n) is 18.1. The van der Waals surface area contributed by atoms with Gasteiger partial charge in [-0.1, -0.05) is 30.0 Å². The maximum Gasteiger partial charge on any atom is 0.243 e. The van der Waals surface area contributed by atoms with Crippen LogP contribution in [0.3, 0.4) is 0 Å². The van der Waals surface area contributed by atoms with E-state index in [4.69, 9.17) is 4.74 Å². The smallest absolute Gasteiger partial charge is 0.243 e. The first-order valence-electron chi connectivity index (χ1n) is 10.5. The number of hydrogen-bond acceptors (Lipinski definition) is 6. The number of aromatic nitrogens is 2. The molecule has 32 heavy (non-hydrogen) atoms. The van der Waals surface area contributed by atoms with Crippen LogP contribution in [-0.4, -0.2) is 60.2 Å². The first-order valence-corrected chi connectivity index (χ1v) is 12.9. The van der Waals surface area contributed by atoms with E-state index in [-0.39, 0.29) is 16.6 Å². The van der Waals surface area contributed by atoms with Gasteiger partial charge in [0.05, 0.1) is 34.9 Å². The largest absolute Gasteiger partial charge is 0.379 e. The number of anilines is 1. The number of hydrogen-bond donors (Lipinski definition) is 1. The summed E-state index contributed by atoms with van der Waals surface area (Å²) in [5.74, 6) is -0.0498. The number of morpholine rings is 1. The topological polar surface area (TPSA) is 93.5 Å². The predicted molar refractivity (Wildman–Crippen MR) is 126 cm³/mol. The summed E-state index contributed by atoms with van der Waals surface area (Å²) in [4.78, 5) is 17.4. The highest BCUT2D eigenvalue weighted by Crippen LogP contribution is 2.26. The van der Waals surface area contributed by atoms with Crippen molar-refractivity contribution in [3.05, 3.63) is 48.0 Å². The van der Waals surface area contributed by atoms with Crippen LogP contribution < -0.4 is 5.32 Å². The second-order valence-electron chi connectivity index (χ2n) is 7.46. The van der Waals surface area contributed by atoms with E-state index in [0.29, 0.717) is 37.6 Å². The molecule has 8 nitrogen and oxygen atoms in total. The lowest BCUT2D eigenvalue weighted by atomic mass is 10.2. The van der Waals surface area contributed by atoms with E-state index in [1.807, 2.05) is 31.2 Å². The van der Waals surface area contributed by atoms with Crippen molar-refractivity contribution in [3.8, 4) is 0 Å². The Kier molecular flexibility index (Phi) is 6.85. The number of carbonyl (C=O) groups is 1. The fourth-order valence-electron chi connectivity index (χ4n) is 3.68. The van der Waals surface area contributed by atoms with E-state index < -0.39 is 10.0 Å². The lowest BCUT2D eigenvalue weighted by molar-refractivity contribution is -0.113. The van der Waals surface area contributed by atoms with Crippen molar-refractivity contribution >= 4 is 44.4 Å². The van der Waals surface area contributed by atoms with E-state index in [9.17, 15) is 13.2 Å². The standard InChI is InChI=1S/C22H26N4O4S2/c1-3-26-19-7-5-4-6-18(19)24-22(26)31-15-21(27)23-17-9-8-16(2)20(14-17)32(28,29)25-10-12-30-13-11-25/h4-9,14H,3,10-13,15H2,1-2H3,(H,23,27). The van der Waals surface area contributed by atoms with Gasteiger partial charge in [-0.3, -0.25) is 4.79 Å². The molecule has 0 bridgehead atoms. The van der Waals surface area contributed by atoms with Crippen LogP contribution in [0.4, 0.5) is 5.69 Å². The number of benzene rings is 2. The number of nitrogens with one attached hydrogen (secondary N) is 1. The van der Waals surface area contributed by atoms with Crippen LogP contribution in [0.2, 0.25) is 0 Å². The van der Waals surface area contributed by atoms with Crippen LogP contribution in [0, 0.1) is 6.92 Å². The Morgan fingerprint density at radius 3 is 2.69 bits per heavy atom. The Balaban J connectivity index is 1.47. The summed E-state index contributed by atoms with van der Waals surface area (Å²) in [5, 5.41) is 3.60. The quantitative estimate of drug-likeness (QED) is 0.529. The Labute approximate surface area is 192 Å². The third-order valence-electron chi connectivity index (χ3n) is 5.33. The molecule has 1 N–H and O–H groups in total. The van der Waals surface area contributed by atoms with E-state index in [2.05, 4.69) is 14.9 Å². The first kappa shape index (κ1) is 22.8. The van der Waals surface area contributed by atoms with Crippen molar-refractivity contribution < 1.29 is 17.9 Å². The number of para-hydroxylation sites is 2. The molecule has 0 radical (unpaired) electrons. The predicted octanol–water partition coefficient (Wildman–Crippen LogP) is 3.12. The second-order valence-corrected chi connectivity index (χ2v) is 10.3. The van der Waals surface area contributed by atoms with E-state index in [0.717, 1.165) is 22.7 Å². The lowest BCUT2D eigenvalue weighted by Crippen LogP contribution is -2.40. The van der Waals surface area contributed by atoms with Gasteiger partial charge in [0.25, 0.3) is 0 Å². The fourth-order valence-corrected chi connectivity index (χ4v) is 6.22. The average Bonchev–Trinajstić information content (AvgIpc) is 3.17. The van der Waals surface area contributed by atoms with Gasteiger partial charge in [-0.2, -0.15) is 4.31 Å². The number of aryl methyl sites for hydroxylation is 2. The Hall–Kier alpha value is -2.40. The van der Waals surface area contributed by atoms with Crippen LogP contribution in [0.5, 0.6) is 0 Å². The molecule has 1 aliphatic rings. The normalized spacial score (nSPS) is 15.2. The van der Waals surface area contributed by atoms with Gasteiger partial charge in [0.2, 0.25) is 15.9 Å². The maximum absolute atomic E-state index is 13.1. The molecule has 170 valence electrons. The number of rotatable bonds is 7. The number of fused-ring (bicyclic) bond motifs is 1. The number of thioether (sulfide) groups is 1. The highest BCUT2D eigenvalue weighted by atomic mass is 32.2. The number of sulfonamides is 1. The van der Waals surface area contributed by atoms with Gasteiger partial charge >= 0.3 is 0 Å². The van der Waals surface area contributed by atoms with E-state index in [1.54, 1.807) is 19.1 Å².